The van der Waals surface area contributed by atoms with Gasteiger partial charge in [0, 0.05) is 5.56 Å². The maximum atomic E-state index is 13.4. The first kappa shape index (κ1) is 28.7. The minimum atomic E-state index is -4.00. The molecule has 2 N–H and O–H groups in total. The standard InChI is InChI=1S/C32H32N2O5S/c1-24-17-19-29(20-18-24)40(37,38)34-30(22-26-13-7-3-8-14-26)32(36)39-23-28(21-25-11-5-2-6-12-25)33-31(35)27-15-9-4-10-16-27/h2-20,28,30,34H,21-23H2,1H3,(H,33,35)/t28-,30-/m1/s1. The lowest BCUT2D eigenvalue weighted by atomic mass is 10.1. The molecule has 206 valence electrons. The Labute approximate surface area is 235 Å². The highest BCUT2D eigenvalue weighted by molar-refractivity contribution is 7.89. The number of hydrogen-bond acceptors (Lipinski definition) is 5. The Kier molecular flexibility index (Phi) is 9.83. The molecule has 0 unspecified atom stereocenters. The minimum Gasteiger partial charge on any atom is -0.462 e. The molecule has 0 saturated carbocycles. The van der Waals surface area contributed by atoms with Crippen LogP contribution in [0.1, 0.15) is 27.0 Å². The largest absolute Gasteiger partial charge is 0.462 e. The van der Waals surface area contributed by atoms with Crippen LogP contribution in [0, 0.1) is 6.92 Å². The molecule has 4 rings (SSSR count). The van der Waals surface area contributed by atoms with Crippen LogP contribution in [-0.2, 0) is 32.4 Å². The molecule has 0 aliphatic carbocycles. The van der Waals surface area contributed by atoms with Gasteiger partial charge in [-0.2, -0.15) is 4.72 Å². The molecule has 0 aromatic heterocycles. The SMILES string of the molecule is Cc1ccc(S(=O)(=O)N[C@H](Cc2ccccc2)C(=O)OC[C@@H](Cc2ccccc2)NC(=O)c2ccccc2)cc1. The van der Waals surface area contributed by atoms with E-state index in [1.54, 1.807) is 36.4 Å². The van der Waals surface area contributed by atoms with E-state index < -0.39 is 28.1 Å². The predicted octanol–water partition coefficient (Wildman–Crippen LogP) is 4.47. The number of esters is 1. The van der Waals surface area contributed by atoms with Gasteiger partial charge in [0.1, 0.15) is 12.6 Å². The van der Waals surface area contributed by atoms with Gasteiger partial charge in [0.15, 0.2) is 0 Å². The molecule has 4 aromatic rings. The van der Waals surface area contributed by atoms with Gasteiger partial charge in [0.2, 0.25) is 10.0 Å². The molecule has 4 aromatic carbocycles. The van der Waals surface area contributed by atoms with E-state index in [0.29, 0.717) is 12.0 Å². The fourth-order valence-electron chi connectivity index (χ4n) is 4.19. The average molecular weight is 557 g/mol. The van der Waals surface area contributed by atoms with Crippen LogP contribution in [0.5, 0.6) is 0 Å². The number of rotatable bonds is 12. The van der Waals surface area contributed by atoms with E-state index in [0.717, 1.165) is 16.7 Å². The molecule has 2 atom stereocenters. The van der Waals surface area contributed by atoms with Crippen LogP contribution in [0.3, 0.4) is 0 Å². The summed E-state index contributed by atoms with van der Waals surface area (Å²) in [5, 5.41) is 2.95. The highest BCUT2D eigenvalue weighted by Gasteiger charge is 2.28. The summed E-state index contributed by atoms with van der Waals surface area (Å²) in [5.41, 5.74) is 3.13. The first-order valence-electron chi connectivity index (χ1n) is 13.0. The van der Waals surface area contributed by atoms with Crippen LogP contribution >= 0.6 is 0 Å². The lowest BCUT2D eigenvalue weighted by molar-refractivity contribution is -0.146. The van der Waals surface area contributed by atoms with E-state index in [-0.39, 0.29) is 23.8 Å². The van der Waals surface area contributed by atoms with Crippen LogP contribution in [0.25, 0.3) is 0 Å². The third-order valence-corrected chi connectivity index (χ3v) is 7.81. The number of ether oxygens (including phenoxy) is 1. The molecule has 0 saturated heterocycles. The fourth-order valence-corrected chi connectivity index (χ4v) is 5.37. The van der Waals surface area contributed by atoms with Crippen molar-refractivity contribution in [2.24, 2.45) is 0 Å². The Morgan fingerprint density at radius 1 is 0.725 bits per heavy atom. The number of sulfonamides is 1. The van der Waals surface area contributed by atoms with Crippen LogP contribution in [-0.4, -0.2) is 39.0 Å². The van der Waals surface area contributed by atoms with E-state index in [4.69, 9.17) is 4.74 Å². The summed E-state index contributed by atoms with van der Waals surface area (Å²) in [6.07, 6.45) is 0.523. The van der Waals surface area contributed by atoms with Crippen LogP contribution in [0.4, 0.5) is 0 Å². The fraction of sp³-hybridized carbons (Fsp3) is 0.188. The second kappa shape index (κ2) is 13.7. The highest BCUT2D eigenvalue weighted by Crippen LogP contribution is 2.14. The molecule has 0 radical (unpaired) electrons. The topological polar surface area (TPSA) is 102 Å². The van der Waals surface area contributed by atoms with E-state index in [1.165, 1.54) is 12.1 Å². The van der Waals surface area contributed by atoms with Gasteiger partial charge in [-0.05, 0) is 55.2 Å². The van der Waals surface area contributed by atoms with Gasteiger partial charge in [-0.15, -0.1) is 0 Å². The van der Waals surface area contributed by atoms with Crippen molar-refractivity contribution < 1.29 is 22.7 Å². The number of carbonyl (C=O) groups excluding carboxylic acids is 2. The summed E-state index contributed by atoms with van der Waals surface area (Å²) in [6.45, 7) is 1.73. The lowest BCUT2D eigenvalue weighted by Gasteiger charge is -2.22. The Morgan fingerprint density at radius 3 is 1.82 bits per heavy atom. The number of hydrogen-bond donors (Lipinski definition) is 2. The van der Waals surface area contributed by atoms with E-state index in [9.17, 15) is 18.0 Å². The Morgan fingerprint density at radius 2 is 1.25 bits per heavy atom. The quantitative estimate of drug-likeness (QED) is 0.251. The number of benzene rings is 4. The Balaban J connectivity index is 1.51. The third-order valence-electron chi connectivity index (χ3n) is 6.32. The molecule has 0 bridgehead atoms. The van der Waals surface area contributed by atoms with Crippen molar-refractivity contribution in [3.63, 3.8) is 0 Å². The van der Waals surface area contributed by atoms with E-state index in [2.05, 4.69) is 10.0 Å². The first-order chi connectivity index (χ1) is 19.3. The van der Waals surface area contributed by atoms with Gasteiger partial charge >= 0.3 is 5.97 Å². The second-order valence-electron chi connectivity index (χ2n) is 9.53. The summed E-state index contributed by atoms with van der Waals surface area (Å²) in [4.78, 5) is 26.3. The molecule has 0 spiro atoms. The van der Waals surface area contributed by atoms with Crippen molar-refractivity contribution in [1.82, 2.24) is 10.0 Å². The summed E-state index contributed by atoms with van der Waals surface area (Å²) < 4.78 is 34.5. The van der Waals surface area contributed by atoms with Gasteiger partial charge < -0.3 is 10.1 Å². The smallest absolute Gasteiger partial charge is 0.324 e. The van der Waals surface area contributed by atoms with Gasteiger partial charge in [0.25, 0.3) is 5.91 Å². The molecule has 0 aliphatic rings. The molecule has 8 heteroatoms. The zero-order valence-corrected chi connectivity index (χ0v) is 23.0. The van der Waals surface area contributed by atoms with Crippen molar-refractivity contribution >= 4 is 21.9 Å². The van der Waals surface area contributed by atoms with Gasteiger partial charge in [-0.25, -0.2) is 8.42 Å². The maximum absolute atomic E-state index is 13.4. The van der Waals surface area contributed by atoms with Crippen molar-refractivity contribution in [2.45, 2.75) is 36.7 Å². The Bertz CT molecular complexity index is 1490. The number of aryl methyl sites for hydroxylation is 1. The summed E-state index contributed by atoms with van der Waals surface area (Å²) in [6, 6.07) is 32.1. The predicted molar refractivity (Wildman–Crippen MR) is 154 cm³/mol. The van der Waals surface area contributed by atoms with Gasteiger partial charge in [0.05, 0.1) is 10.9 Å². The van der Waals surface area contributed by atoms with Crippen molar-refractivity contribution in [3.05, 3.63) is 138 Å². The lowest BCUT2D eigenvalue weighted by Crippen LogP contribution is -2.46. The van der Waals surface area contributed by atoms with E-state index >= 15 is 0 Å². The van der Waals surface area contributed by atoms with Gasteiger partial charge in [-0.1, -0.05) is 96.6 Å². The highest BCUT2D eigenvalue weighted by atomic mass is 32.2. The average Bonchev–Trinajstić information content (AvgIpc) is 2.97. The first-order valence-corrected chi connectivity index (χ1v) is 14.5. The Hall–Kier alpha value is -4.27. The molecule has 7 nitrogen and oxygen atoms in total. The molecule has 0 aliphatic heterocycles. The minimum absolute atomic E-state index is 0.0565. The molecule has 0 heterocycles. The molecular formula is C32H32N2O5S. The third kappa shape index (κ3) is 8.36. The van der Waals surface area contributed by atoms with Crippen LogP contribution in [0.2, 0.25) is 0 Å². The van der Waals surface area contributed by atoms with Crippen molar-refractivity contribution in [2.75, 3.05) is 6.61 Å². The van der Waals surface area contributed by atoms with E-state index in [1.807, 2.05) is 73.7 Å². The van der Waals surface area contributed by atoms with Crippen molar-refractivity contribution in [1.29, 1.82) is 0 Å². The monoisotopic (exact) mass is 556 g/mol. The number of nitrogens with one attached hydrogen (secondary N) is 2. The second-order valence-corrected chi connectivity index (χ2v) is 11.2. The molecule has 0 fully saturated rings. The maximum Gasteiger partial charge on any atom is 0.324 e. The number of carbonyl (C=O) groups is 2. The molecular weight excluding hydrogens is 524 g/mol. The zero-order valence-electron chi connectivity index (χ0n) is 22.2. The normalized spacial score (nSPS) is 12.7. The summed E-state index contributed by atoms with van der Waals surface area (Å²) >= 11 is 0. The number of amides is 1. The van der Waals surface area contributed by atoms with Crippen LogP contribution < -0.4 is 10.0 Å². The van der Waals surface area contributed by atoms with Crippen LogP contribution in [0.15, 0.2) is 120 Å². The van der Waals surface area contributed by atoms with Crippen molar-refractivity contribution in [3.8, 4) is 0 Å². The summed E-state index contributed by atoms with van der Waals surface area (Å²) in [7, 11) is -4.00. The molecule has 40 heavy (non-hydrogen) atoms. The molecule has 1 amide bonds. The van der Waals surface area contributed by atoms with Gasteiger partial charge in [-0.3, -0.25) is 9.59 Å². The summed E-state index contributed by atoms with van der Waals surface area (Å²) in [5.74, 6) is -1.02. The zero-order chi connectivity index (χ0) is 28.4.